The Morgan fingerprint density at radius 3 is 2.76 bits per heavy atom. The Bertz CT molecular complexity index is 334. The summed E-state index contributed by atoms with van der Waals surface area (Å²) in [6.45, 7) is 6.00. The molecule has 0 aromatic carbocycles. The molecule has 1 N–H and O–H groups in total. The zero-order valence-corrected chi connectivity index (χ0v) is 11.2. The molecule has 1 aliphatic heterocycles. The van der Waals surface area contributed by atoms with Crippen molar-refractivity contribution in [1.82, 2.24) is 14.8 Å². The quantitative estimate of drug-likeness (QED) is 0.830. The van der Waals surface area contributed by atoms with E-state index in [1.807, 2.05) is 0 Å². The molecule has 0 radical (unpaired) electrons. The van der Waals surface area contributed by atoms with Crippen LogP contribution in [-0.4, -0.2) is 66.3 Å². The van der Waals surface area contributed by atoms with Gasteiger partial charge in [0.05, 0.1) is 10.7 Å². The van der Waals surface area contributed by atoms with Gasteiger partial charge in [-0.15, -0.1) is 11.3 Å². The van der Waals surface area contributed by atoms with E-state index in [9.17, 15) is 0 Å². The van der Waals surface area contributed by atoms with Gasteiger partial charge in [0, 0.05) is 57.6 Å². The van der Waals surface area contributed by atoms with E-state index in [0.29, 0.717) is 6.42 Å². The van der Waals surface area contributed by atoms with Gasteiger partial charge in [0.2, 0.25) is 0 Å². The Balaban J connectivity index is 1.73. The van der Waals surface area contributed by atoms with E-state index >= 15 is 0 Å². The first-order valence-corrected chi connectivity index (χ1v) is 7.11. The third-order valence-electron chi connectivity index (χ3n) is 3.21. The third-order valence-corrected chi connectivity index (χ3v) is 4.16. The highest BCUT2D eigenvalue weighted by Gasteiger charge is 2.13. The first-order valence-electron chi connectivity index (χ1n) is 6.23. The minimum Gasteiger partial charge on any atom is -0.396 e. The van der Waals surface area contributed by atoms with Gasteiger partial charge in [-0.2, -0.15) is 0 Å². The Labute approximate surface area is 107 Å². The van der Waals surface area contributed by atoms with Crippen LogP contribution in [-0.2, 0) is 12.8 Å². The molecule has 1 fully saturated rings. The van der Waals surface area contributed by atoms with Crippen molar-refractivity contribution < 1.29 is 5.11 Å². The Morgan fingerprint density at radius 1 is 1.29 bits per heavy atom. The maximum Gasteiger partial charge on any atom is 0.0941 e. The van der Waals surface area contributed by atoms with E-state index in [1.54, 1.807) is 11.3 Å². The Kier molecular flexibility index (Phi) is 4.91. The van der Waals surface area contributed by atoms with E-state index in [-0.39, 0.29) is 6.61 Å². The van der Waals surface area contributed by atoms with Crippen LogP contribution < -0.4 is 0 Å². The largest absolute Gasteiger partial charge is 0.396 e. The van der Waals surface area contributed by atoms with Gasteiger partial charge in [0.15, 0.2) is 0 Å². The van der Waals surface area contributed by atoms with Gasteiger partial charge in [-0.25, -0.2) is 4.98 Å². The minimum atomic E-state index is 0.196. The number of piperazine rings is 1. The van der Waals surface area contributed by atoms with Crippen molar-refractivity contribution in [3.63, 3.8) is 0 Å². The maximum absolute atomic E-state index is 8.84. The summed E-state index contributed by atoms with van der Waals surface area (Å²) >= 11 is 1.72. The molecular weight excluding hydrogens is 234 g/mol. The summed E-state index contributed by atoms with van der Waals surface area (Å²) in [6.07, 6.45) is 1.73. The monoisotopic (exact) mass is 255 g/mol. The van der Waals surface area contributed by atoms with Gasteiger partial charge < -0.3 is 14.9 Å². The lowest BCUT2D eigenvalue weighted by Gasteiger charge is -2.32. The summed E-state index contributed by atoms with van der Waals surface area (Å²) in [6, 6.07) is 0. The molecular formula is C12H21N3OS. The number of hydrogen-bond donors (Lipinski definition) is 1. The molecule has 0 aliphatic carbocycles. The summed E-state index contributed by atoms with van der Waals surface area (Å²) in [4.78, 5) is 9.40. The molecule has 1 aromatic rings. The Hall–Kier alpha value is -0.490. The first-order chi connectivity index (χ1) is 8.28. The summed E-state index contributed by atoms with van der Waals surface area (Å²) in [5.41, 5.74) is 1.03. The van der Waals surface area contributed by atoms with Crippen LogP contribution >= 0.6 is 11.3 Å². The predicted octanol–water partition coefficient (Wildman–Crippen LogP) is 0.468. The van der Waals surface area contributed by atoms with Crippen LogP contribution in [0.25, 0.3) is 0 Å². The van der Waals surface area contributed by atoms with E-state index in [2.05, 4.69) is 27.2 Å². The molecule has 0 bridgehead atoms. The molecule has 0 atom stereocenters. The molecule has 2 heterocycles. The fourth-order valence-corrected chi connectivity index (χ4v) is 2.84. The lowest BCUT2D eigenvalue weighted by atomic mass is 10.3. The van der Waals surface area contributed by atoms with Gasteiger partial charge in [-0.3, -0.25) is 0 Å². The predicted molar refractivity (Wildman–Crippen MR) is 70.5 cm³/mol. The third kappa shape index (κ3) is 4.03. The fraction of sp³-hybridized carbons (Fsp3) is 0.750. The van der Waals surface area contributed by atoms with Crippen LogP contribution in [0.1, 0.15) is 10.7 Å². The van der Waals surface area contributed by atoms with E-state index in [1.165, 1.54) is 31.2 Å². The number of aliphatic hydroxyl groups is 1. The summed E-state index contributed by atoms with van der Waals surface area (Å²) in [7, 11) is 2.18. The van der Waals surface area contributed by atoms with Gasteiger partial charge >= 0.3 is 0 Å². The van der Waals surface area contributed by atoms with Crippen LogP contribution in [0.5, 0.6) is 0 Å². The fourth-order valence-electron chi connectivity index (χ4n) is 2.02. The topological polar surface area (TPSA) is 39.6 Å². The molecule has 1 saturated heterocycles. The van der Waals surface area contributed by atoms with Crippen LogP contribution in [0.15, 0.2) is 5.38 Å². The minimum absolute atomic E-state index is 0.196. The molecule has 0 spiro atoms. The van der Waals surface area contributed by atoms with Crippen molar-refractivity contribution in [3.05, 3.63) is 16.1 Å². The number of hydrogen-bond acceptors (Lipinski definition) is 5. The molecule has 0 saturated carbocycles. The molecule has 1 aromatic heterocycles. The maximum atomic E-state index is 8.84. The van der Waals surface area contributed by atoms with Crippen LogP contribution in [0.2, 0.25) is 0 Å². The standard InChI is InChI=1S/C12H21N3OS/c1-14-5-7-15(8-6-14)4-2-12-13-11(3-9-16)10-17-12/h10,16H,2-9H2,1H3. The number of thiazole rings is 1. The van der Waals surface area contributed by atoms with Gasteiger partial charge in [-0.05, 0) is 7.05 Å². The number of likely N-dealkylation sites (N-methyl/N-ethyl adjacent to an activating group) is 1. The molecule has 2 rings (SSSR count). The summed E-state index contributed by atoms with van der Waals surface area (Å²) in [5.74, 6) is 0. The van der Waals surface area contributed by atoms with Gasteiger partial charge in [0.1, 0.15) is 0 Å². The lowest BCUT2D eigenvalue weighted by Crippen LogP contribution is -2.45. The highest BCUT2D eigenvalue weighted by Crippen LogP contribution is 2.12. The second-order valence-corrected chi connectivity index (χ2v) is 5.54. The first kappa shape index (κ1) is 13.0. The smallest absolute Gasteiger partial charge is 0.0941 e. The number of aromatic nitrogens is 1. The van der Waals surface area contributed by atoms with Gasteiger partial charge in [0.25, 0.3) is 0 Å². The number of rotatable bonds is 5. The normalized spacial score (nSPS) is 18.7. The number of aliphatic hydroxyl groups excluding tert-OH is 1. The summed E-state index contributed by atoms with van der Waals surface area (Å²) in [5, 5.41) is 12.1. The van der Waals surface area contributed by atoms with Crippen molar-refractivity contribution >= 4 is 11.3 Å². The SMILES string of the molecule is CN1CCN(CCc2nc(CCO)cs2)CC1. The average molecular weight is 255 g/mol. The highest BCUT2D eigenvalue weighted by atomic mass is 32.1. The molecule has 0 amide bonds. The molecule has 1 aliphatic rings. The van der Waals surface area contributed by atoms with Crippen LogP contribution in [0.3, 0.4) is 0 Å². The van der Waals surface area contributed by atoms with E-state index in [0.717, 1.165) is 18.7 Å². The van der Waals surface area contributed by atoms with Crippen molar-refractivity contribution in [2.75, 3.05) is 46.4 Å². The molecule has 0 unspecified atom stereocenters. The van der Waals surface area contributed by atoms with Crippen molar-refractivity contribution in [3.8, 4) is 0 Å². The van der Waals surface area contributed by atoms with Crippen LogP contribution in [0, 0.1) is 0 Å². The number of nitrogens with zero attached hydrogens (tertiary/aromatic N) is 3. The second-order valence-electron chi connectivity index (χ2n) is 4.60. The molecule has 4 nitrogen and oxygen atoms in total. The molecule has 96 valence electrons. The Morgan fingerprint density at radius 2 is 2.06 bits per heavy atom. The zero-order chi connectivity index (χ0) is 12.1. The van der Waals surface area contributed by atoms with Gasteiger partial charge in [-0.1, -0.05) is 0 Å². The molecule has 5 heteroatoms. The average Bonchev–Trinajstić information content (AvgIpc) is 2.77. The zero-order valence-electron chi connectivity index (χ0n) is 10.4. The van der Waals surface area contributed by atoms with Crippen LogP contribution in [0.4, 0.5) is 0 Å². The van der Waals surface area contributed by atoms with Crippen molar-refractivity contribution in [2.24, 2.45) is 0 Å². The second kappa shape index (κ2) is 6.44. The molecule has 17 heavy (non-hydrogen) atoms. The van der Waals surface area contributed by atoms with E-state index in [4.69, 9.17) is 5.11 Å². The highest BCUT2D eigenvalue weighted by molar-refractivity contribution is 7.09. The van der Waals surface area contributed by atoms with E-state index < -0.39 is 0 Å². The summed E-state index contributed by atoms with van der Waals surface area (Å²) < 4.78 is 0. The lowest BCUT2D eigenvalue weighted by molar-refractivity contribution is 0.155. The van der Waals surface area contributed by atoms with Crippen molar-refractivity contribution in [1.29, 1.82) is 0 Å². The van der Waals surface area contributed by atoms with Crippen molar-refractivity contribution in [2.45, 2.75) is 12.8 Å².